The van der Waals surface area contributed by atoms with Crippen molar-refractivity contribution in [2.75, 3.05) is 23.7 Å². The van der Waals surface area contributed by atoms with Gasteiger partial charge in [0.05, 0.1) is 16.0 Å². The van der Waals surface area contributed by atoms with Crippen molar-refractivity contribution in [3.63, 3.8) is 0 Å². The number of hydrogen-bond donors (Lipinski definition) is 2. The molecule has 32 heavy (non-hydrogen) atoms. The van der Waals surface area contributed by atoms with Crippen molar-refractivity contribution in [1.29, 1.82) is 0 Å². The van der Waals surface area contributed by atoms with Gasteiger partial charge in [-0.2, -0.15) is 0 Å². The van der Waals surface area contributed by atoms with Crippen molar-refractivity contribution in [3.05, 3.63) is 69.4 Å². The van der Waals surface area contributed by atoms with E-state index >= 15 is 0 Å². The predicted molar refractivity (Wildman–Crippen MR) is 126 cm³/mol. The smallest absolute Gasteiger partial charge is 0.273 e. The number of piperidine rings is 1. The molecule has 1 fully saturated rings. The van der Waals surface area contributed by atoms with Crippen molar-refractivity contribution < 1.29 is 14.0 Å². The fraction of sp³-hybridized carbons (Fsp3) is 0.227. The van der Waals surface area contributed by atoms with Gasteiger partial charge in [-0.3, -0.25) is 9.59 Å². The second-order valence-corrected chi connectivity index (χ2v) is 9.05. The van der Waals surface area contributed by atoms with Gasteiger partial charge < -0.3 is 15.5 Å². The number of hydrogen-bond acceptors (Lipinski definition) is 5. The SMILES string of the molecule is O=C(Nc1ccc(F)cc1)C1CCCN(C(=O)c2csc(Nc3ccc(Cl)c(Cl)c3)n2)C1. The molecule has 2 N–H and O–H groups in total. The number of anilines is 3. The standard InChI is InChI=1S/C22H19Cl2FN4O2S/c23-17-8-7-16(10-18(17)24)27-22-28-19(12-32-22)21(31)29-9-1-2-13(11-29)20(30)26-15-5-3-14(25)4-6-15/h3-8,10,12-13H,1-2,9,11H2,(H,26,30)(H,27,28). The van der Waals surface area contributed by atoms with Crippen molar-refractivity contribution >= 4 is 62.9 Å². The summed E-state index contributed by atoms with van der Waals surface area (Å²) in [7, 11) is 0. The topological polar surface area (TPSA) is 74.3 Å². The van der Waals surface area contributed by atoms with Crippen LogP contribution in [0.3, 0.4) is 0 Å². The number of rotatable bonds is 5. The van der Waals surface area contributed by atoms with Crippen LogP contribution in [0.15, 0.2) is 47.8 Å². The lowest BCUT2D eigenvalue weighted by molar-refractivity contribution is -0.121. The minimum Gasteiger partial charge on any atom is -0.336 e. The number of benzene rings is 2. The highest BCUT2D eigenvalue weighted by Gasteiger charge is 2.30. The summed E-state index contributed by atoms with van der Waals surface area (Å²) in [6.45, 7) is 0.866. The minimum absolute atomic E-state index is 0.186. The molecule has 2 amide bonds. The van der Waals surface area contributed by atoms with Crippen LogP contribution in [0.2, 0.25) is 10.0 Å². The lowest BCUT2D eigenvalue weighted by atomic mass is 9.96. The number of aromatic nitrogens is 1. The quantitative estimate of drug-likeness (QED) is 0.470. The molecule has 2 heterocycles. The molecule has 0 saturated carbocycles. The summed E-state index contributed by atoms with van der Waals surface area (Å²) in [6, 6.07) is 10.7. The van der Waals surface area contributed by atoms with E-state index in [2.05, 4.69) is 15.6 Å². The van der Waals surface area contributed by atoms with Crippen LogP contribution in [0, 0.1) is 11.7 Å². The number of likely N-dealkylation sites (tertiary alicyclic amines) is 1. The molecule has 1 saturated heterocycles. The Morgan fingerprint density at radius 1 is 1.09 bits per heavy atom. The Balaban J connectivity index is 1.38. The largest absolute Gasteiger partial charge is 0.336 e. The Labute approximate surface area is 198 Å². The number of halogens is 3. The molecular weight excluding hydrogens is 474 g/mol. The number of thiazole rings is 1. The van der Waals surface area contributed by atoms with Gasteiger partial charge in [-0.1, -0.05) is 23.2 Å². The molecule has 6 nitrogen and oxygen atoms in total. The first-order valence-electron chi connectivity index (χ1n) is 9.92. The number of nitrogens with one attached hydrogen (secondary N) is 2. The third-order valence-corrected chi connectivity index (χ3v) is 6.58. The van der Waals surface area contributed by atoms with Gasteiger partial charge in [0.15, 0.2) is 5.13 Å². The van der Waals surface area contributed by atoms with Crippen LogP contribution in [0.1, 0.15) is 23.3 Å². The van der Waals surface area contributed by atoms with Gasteiger partial charge in [-0.05, 0) is 55.3 Å². The molecule has 0 bridgehead atoms. The van der Waals surface area contributed by atoms with Crippen molar-refractivity contribution in [2.24, 2.45) is 5.92 Å². The number of nitrogens with zero attached hydrogens (tertiary/aromatic N) is 2. The van der Waals surface area contributed by atoms with Gasteiger partial charge in [0.2, 0.25) is 5.91 Å². The number of carbonyl (C=O) groups is 2. The fourth-order valence-corrected chi connectivity index (χ4v) is 4.44. The summed E-state index contributed by atoms with van der Waals surface area (Å²) < 4.78 is 13.1. The maximum atomic E-state index is 13.1. The number of carbonyl (C=O) groups excluding carboxylic acids is 2. The van der Waals surface area contributed by atoms with Crippen molar-refractivity contribution in [1.82, 2.24) is 9.88 Å². The molecule has 0 aliphatic carbocycles. The molecule has 1 atom stereocenters. The molecule has 1 aliphatic heterocycles. The first-order valence-corrected chi connectivity index (χ1v) is 11.6. The maximum absolute atomic E-state index is 13.1. The van der Waals surface area contributed by atoms with E-state index in [0.29, 0.717) is 58.2 Å². The zero-order chi connectivity index (χ0) is 22.7. The lowest BCUT2D eigenvalue weighted by Gasteiger charge is -2.31. The van der Waals surface area contributed by atoms with Gasteiger partial charge in [-0.25, -0.2) is 9.37 Å². The van der Waals surface area contributed by atoms with Crippen LogP contribution in [0.4, 0.5) is 20.9 Å². The minimum atomic E-state index is -0.367. The first kappa shape index (κ1) is 22.5. The summed E-state index contributed by atoms with van der Waals surface area (Å²) in [6.07, 6.45) is 1.39. The van der Waals surface area contributed by atoms with Gasteiger partial charge in [0.1, 0.15) is 11.5 Å². The first-order chi connectivity index (χ1) is 15.4. The molecule has 1 aliphatic rings. The van der Waals surface area contributed by atoms with Crippen LogP contribution in [-0.2, 0) is 4.79 Å². The second kappa shape index (κ2) is 9.85. The zero-order valence-electron chi connectivity index (χ0n) is 16.8. The van der Waals surface area contributed by atoms with Crippen LogP contribution >= 0.6 is 34.5 Å². The molecule has 1 unspecified atom stereocenters. The predicted octanol–water partition coefficient (Wildman–Crippen LogP) is 5.82. The molecule has 166 valence electrons. The summed E-state index contributed by atoms with van der Waals surface area (Å²) in [5.41, 5.74) is 1.55. The molecule has 4 rings (SSSR count). The summed E-state index contributed by atoms with van der Waals surface area (Å²) in [5, 5.41) is 9.01. The normalized spacial score (nSPS) is 16.0. The Hall–Kier alpha value is -2.68. The van der Waals surface area contributed by atoms with E-state index in [0.717, 1.165) is 0 Å². The third kappa shape index (κ3) is 5.38. The molecule has 1 aromatic heterocycles. The third-order valence-electron chi connectivity index (χ3n) is 5.09. The average Bonchev–Trinajstić information content (AvgIpc) is 3.26. The molecular formula is C22H19Cl2FN4O2S. The highest BCUT2D eigenvalue weighted by atomic mass is 35.5. The number of amides is 2. The van der Waals surface area contributed by atoms with Crippen LogP contribution < -0.4 is 10.6 Å². The van der Waals surface area contributed by atoms with Gasteiger partial charge in [0, 0.05) is 29.8 Å². The monoisotopic (exact) mass is 492 g/mol. The summed E-state index contributed by atoms with van der Waals surface area (Å²) >= 11 is 13.3. The van der Waals surface area contributed by atoms with Crippen LogP contribution in [0.25, 0.3) is 0 Å². The molecule has 0 spiro atoms. The molecule has 3 aromatic rings. The van der Waals surface area contributed by atoms with E-state index in [-0.39, 0.29) is 23.5 Å². The van der Waals surface area contributed by atoms with Crippen molar-refractivity contribution in [2.45, 2.75) is 12.8 Å². The zero-order valence-corrected chi connectivity index (χ0v) is 19.1. The Kier molecular flexibility index (Phi) is 6.93. The lowest BCUT2D eigenvalue weighted by Crippen LogP contribution is -2.43. The second-order valence-electron chi connectivity index (χ2n) is 7.38. The average molecular weight is 493 g/mol. The van der Waals surface area contributed by atoms with Crippen molar-refractivity contribution in [3.8, 4) is 0 Å². The van der Waals surface area contributed by atoms with E-state index in [1.807, 2.05) is 0 Å². The van der Waals surface area contributed by atoms with E-state index in [1.54, 1.807) is 28.5 Å². The Morgan fingerprint density at radius 3 is 2.59 bits per heavy atom. The van der Waals surface area contributed by atoms with Gasteiger partial charge in [-0.15, -0.1) is 11.3 Å². The highest BCUT2D eigenvalue weighted by Crippen LogP contribution is 2.29. The molecule has 10 heteroatoms. The van der Waals surface area contributed by atoms with E-state index in [1.165, 1.54) is 35.6 Å². The summed E-state index contributed by atoms with van der Waals surface area (Å²) in [4.78, 5) is 31.6. The van der Waals surface area contributed by atoms with E-state index < -0.39 is 0 Å². The Bertz CT molecular complexity index is 1140. The molecule has 0 radical (unpaired) electrons. The van der Waals surface area contributed by atoms with Crippen LogP contribution in [-0.4, -0.2) is 34.8 Å². The Morgan fingerprint density at radius 2 is 1.84 bits per heavy atom. The highest BCUT2D eigenvalue weighted by molar-refractivity contribution is 7.14. The fourth-order valence-electron chi connectivity index (χ4n) is 3.44. The summed E-state index contributed by atoms with van der Waals surface area (Å²) in [5.74, 6) is -1.11. The molecule has 2 aromatic carbocycles. The van der Waals surface area contributed by atoms with Crippen LogP contribution in [0.5, 0.6) is 0 Å². The maximum Gasteiger partial charge on any atom is 0.273 e. The van der Waals surface area contributed by atoms with Gasteiger partial charge >= 0.3 is 0 Å². The van der Waals surface area contributed by atoms with E-state index in [4.69, 9.17) is 23.2 Å². The van der Waals surface area contributed by atoms with Gasteiger partial charge in [0.25, 0.3) is 5.91 Å². The van der Waals surface area contributed by atoms with E-state index in [9.17, 15) is 14.0 Å².